The average Bonchev–Trinajstić information content (AvgIpc) is 2.97. The predicted octanol–water partition coefficient (Wildman–Crippen LogP) is 2.16. The van der Waals surface area contributed by atoms with Gasteiger partial charge < -0.3 is 10.2 Å². The van der Waals surface area contributed by atoms with Gasteiger partial charge in [-0.05, 0) is 45.0 Å². The first-order valence-corrected chi connectivity index (χ1v) is 7.14. The summed E-state index contributed by atoms with van der Waals surface area (Å²) < 4.78 is 1.92. The van der Waals surface area contributed by atoms with Crippen molar-refractivity contribution in [2.75, 3.05) is 18.9 Å². The van der Waals surface area contributed by atoms with E-state index in [1.54, 1.807) is 12.7 Å². The monoisotopic (exact) mass is 271 g/mol. The summed E-state index contributed by atoms with van der Waals surface area (Å²) in [5.74, 6) is 0. The van der Waals surface area contributed by atoms with Gasteiger partial charge in [0.05, 0.1) is 5.69 Å². The lowest BCUT2D eigenvalue weighted by molar-refractivity contribution is 0.190. The molecule has 1 N–H and O–H groups in total. The van der Waals surface area contributed by atoms with Crippen molar-refractivity contribution in [3.63, 3.8) is 0 Å². The summed E-state index contributed by atoms with van der Waals surface area (Å²) in [7, 11) is 2.20. The van der Waals surface area contributed by atoms with E-state index in [2.05, 4.69) is 58.7 Å². The molecule has 1 aliphatic rings. The maximum Gasteiger partial charge on any atom is 0.123 e. The number of rotatable bonds is 3. The van der Waals surface area contributed by atoms with E-state index in [0.29, 0.717) is 12.1 Å². The molecule has 1 saturated heterocycles. The van der Waals surface area contributed by atoms with Crippen molar-refractivity contribution in [1.29, 1.82) is 0 Å². The van der Waals surface area contributed by atoms with Crippen LogP contribution < -0.4 is 5.32 Å². The zero-order chi connectivity index (χ0) is 13.9. The molecule has 0 saturated carbocycles. The van der Waals surface area contributed by atoms with Gasteiger partial charge in [-0.1, -0.05) is 6.07 Å². The number of likely N-dealkylation sites (tertiary alicyclic amines) is 1. The van der Waals surface area contributed by atoms with Crippen LogP contribution in [0.15, 0.2) is 36.9 Å². The van der Waals surface area contributed by atoms with Crippen molar-refractivity contribution in [2.45, 2.75) is 31.8 Å². The van der Waals surface area contributed by atoms with Gasteiger partial charge in [0, 0.05) is 24.3 Å². The third-order valence-electron chi connectivity index (χ3n) is 4.14. The van der Waals surface area contributed by atoms with E-state index in [4.69, 9.17) is 0 Å². The smallest absolute Gasteiger partial charge is 0.123 e. The van der Waals surface area contributed by atoms with Crippen LogP contribution in [-0.4, -0.2) is 45.3 Å². The Hall–Kier alpha value is -1.88. The van der Waals surface area contributed by atoms with Crippen LogP contribution >= 0.6 is 0 Å². The van der Waals surface area contributed by atoms with Crippen LogP contribution in [0.3, 0.4) is 0 Å². The third kappa shape index (κ3) is 2.82. The van der Waals surface area contributed by atoms with Crippen molar-refractivity contribution >= 4 is 5.69 Å². The molecule has 5 heteroatoms. The number of aromatic nitrogens is 3. The highest BCUT2D eigenvalue weighted by Crippen LogP contribution is 2.21. The third-order valence-corrected chi connectivity index (χ3v) is 4.14. The Morgan fingerprint density at radius 1 is 1.25 bits per heavy atom. The zero-order valence-electron chi connectivity index (χ0n) is 12.0. The van der Waals surface area contributed by atoms with Crippen LogP contribution in [0.5, 0.6) is 0 Å². The number of nitrogens with one attached hydrogen (secondary N) is 1. The summed E-state index contributed by atoms with van der Waals surface area (Å²) in [6.45, 7) is 3.45. The molecule has 2 heterocycles. The molecule has 2 unspecified atom stereocenters. The second-order valence-corrected chi connectivity index (χ2v) is 5.61. The molecule has 2 atom stereocenters. The van der Waals surface area contributed by atoms with E-state index in [-0.39, 0.29) is 0 Å². The first-order valence-electron chi connectivity index (χ1n) is 7.14. The molecule has 20 heavy (non-hydrogen) atoms. The highest BCUT2D eigenvalue weighted by molar-refractivity contribution is 5.51. The molecule has 1 fully saturated rings. The minimum Gasteiger partial charge on any atom is -0.382 e. The first kappa shape index (κ1) is 13.1. The van der Waals surface area contributed by atoms with Gasteiger partial charge in [0.2, 0.25) is 0 Å². The van der Waals surface area contributed by atoms with Gasteiger partial charge in [0.1, 0.15) is 12.7 Å². The molecule has 0 bridgehead atoms. The van der Waals surface area contributed by atoms with Gasteiger partial charge in [-0.15, -0.1) is 10.2 Å². The van der Waals surface area contributed by atoms with Crippen molar-refractivity contribution in [1.82, 2.24) is 19.7 Å². The van der Waals surface area contributed by atoms with Crippen LogP contribution in [0.2, 0.25) is 0 Å². The van der Waals surface area contributed by atoms with Crippen LogP contribution in [-0.2, 0) is 0 Å². The minimum atomic E-state index is 0.553. The molecule has 0 aliphatic carbocycles. The summed E-state index contributed by atoms with van der Waals surface area (Å²) in [6.07, 6.45) is 5.82. The van der Waals surface area contributed by atoms with Crippen molar-refractivity contribution < 1.29 is 0 Å². The molecular formula is C15H21N5. The molecule has 5 nitrogen and oxygen atoms in total. The quantitative estimate of drug-likeness (QED) is 0.929. The topological polar surface area (TPSA) is 46.0 Å². The summed E-state index contributed by atoms with van der Waals surface area (Å²) in [6, 6.07) is 9.59. The molecule has 3 rings (SSSR count). The maximum absolute atomic E-state index is 3.85. The van der Waals surface area contributed by atoms with Gasteiger partial charge in [0.15, 0.2) is 0 Å². The normalized spacial score (nSPS) is 23.7. The highest BCUT2D eigenvalue weighted by atomic mass is 15.2. The Labute approximate surface area is 119 Å². The molecule has 1 aromatic carbocycles. The van der Waals surface area contributed by atoms with E-state index < -0.39 is 0 Å². The molecule has 2 aromatic rings. The molecule has 0 amide bonds. The standard InChI is InChI=1S/C15H21N5/c1-12-8-14(6-7-19(12)2)18-13-4-3-5-15(9-13)20-10-16-17-11-20/h3-5,9-12,14,18H,6-8H2,1-2H3. The molecule has 1 aliphatic heterocycles. The fourth-order valence-corrected chi connectivity index (χ4v) is 2.75. The molecule has 106 valence electrons. The number of benzene rings is 1. The molecule has 1 aromatic heterocycles. The fourth-order valence-electron chi connectivity index (χ4n) is 2.75. The summed E-state index contributed by atoms with van der Waals surface area (Å²) in [5.41, 5.74) is 2.25. The van der Waals surface area contributed by atoms with Gasteiger partial charge >= 0.3 is 0 Å². The van der Waals surface area contributed by atoms with Gasteiger partial charge in [0.25, 0.3) is 0 Å². The van der Waals surface area contributed by atoms with E-state index in [9.17, 15) is 0 Å². The lowest BCUT2D eigenvalue weighted by atomic mass is 9.98. The van der Waals surface area contributed by atoms with Crippen LogP contribution in [0.1, 0.15) is 19.8 Å². The largest absolute Gasteiger partial charge is 0.382 e. The second kappa shape index (κ2) is 5.63. The molecule has 0 spiro atoms. The van der Waals surface area contributed by atoms with Crippen molar-refractivity contribution in [3.05, 3.63) is 36.9 Å². The SMILES string of the molecule is CC1CC(Nc2cccc(-n3cnnc3)c2)CCN1C. The predicted molar refractivity (Wildman–Crippen MR) is 80.1 cm³/mol. The zero-order valence-corrected chi connectivity index (χ0v) is 12.0. The Bertz CT molecular complexity index is 551. The lowest BCUT2D eigenvalue weighted by Crippen LogP contribution is -2.42. The Kier molecular flexibility index (Phi) is 3.69. The molecule has 0 radical (unpaired) electrons. The van der Waals surface area contributed by atoms with Gasteiger partial charge in [-0.2, -0.15) is 0 Å². The van der Waals surface area contributed by atoms with Gasteiger partial charge in [-0.3, -0.25) is 4.57 Å². The fraction of sp³-hybridized carbons (Fsp3) is 0.467. The first-order chi connectivity index (χ1) is 9.72. The summed E-state index contributed by atoms with van der Waals surface area (Å²) in [4.78, 5) is 2.42. The Morgan fingerprint density at radius 3 is 2.80 bits per heavy atom. The average molecular weight is 271 g/mol. The van der Waals surface area contributed by atoms with Crippen molar-refractivity contribution in [3.8, 4) is 5.69 Å². The highest BCUT2D eigenvalue weighted by Gasteiger charge is 2.22. The second-order valence-electron chi connectivity index (χ2n) is 5.61. The van der Waals surface area contributed by atoms with E-state index in [0.717, 1.165) is 17.9 Å². The van der Waals surface area contributed by atoms with Gasteiger partial charge in [-0.25, -0.2) is 0 Å². The lowest BCUT2D eigenvalue weighted by Gasteiger charge is -2.35. The summed E-state index contributed by atoms with van der Waals surface area (Å²) >= 11 is 0. The van der Waals surface area contributed by atoms with E-state index in [1.165, 1.54) is 12.8 Å². The Morgan fingerprint density at radius 2 is 2.05 bits per heavy atom. The van der Waals surface area contributed by atoms with Crippen molar-refractivity contribution in [2.24, 2.45) is 0 Å². The number of anilines is 1. The Balaban J connectivity index is 1.70. The minimum absolute atomic E-state index is 0.553. The van der Waals surface area contributed by atoms with E-state index >= 15 is 0 Å². The maximum atomic E-state index is 3.85. The van der Waals surface area contributed by atoms with Crippen LogP contribution in [0.4, 0.5) is 5.69 Å². The number of hydrogen-bond acceptors (Lipinski definition) is 4. The number of nitrogens with zero attached hydrogens (tertiary/aromatic N) is 4. The van der Waals surface area contributed by atoms with Crippen LogP contribution in [0.25, 0.3) is 5.69 Å². The van der Waals surface area contributed by atoms with E-state index in [1.807, 2.05) is 4.57 Å². The van der Waals surface area contributed by atoms with Crippen LogP contribution in [0, 0.1) is 0 Å². The summed E-state index contributed by atoms with van der Waals surface area (Å²) in [5, 5.41) is 11.4. The number of hydrogen-bond donors (Lipinski definition) is 1. The molecular weight excluding hydrogens is 250 g/mol. The number of piperidine rings is 1.